The van der Waals surface area contributed by atoms with E-state index in [1.54, 1.807) is 0 Å². The number of hydrogen-bond donors (Lipinski definition) is 0. The number of halogens is 1. The largest absolute Gasteiger partial charge is 0.380 e. The minimum Gasteiger partial charge on any atom is -0.380 e. The van der Waals surface area contributed by atoms with Gasteiger partial charge in [0, 0.05) is 38.7 Å². The lowest BCUT2D eigenvalue weighted by Gasteiger charge is -2.24. The Labute approximate surface area is 105 Å². The molecule has 0 spiro atoms. The first-order chi connectivity index (χ1) is 7.74. The molecule has 3 nitrogen and oxygen atoms in total. The van der Waals surface area contributed by atoms with Crippen molar-refractivity contribution in [3.05, 3.63) is 0 Å². The average molecular weight is 252 g/mol. The fraction of sp³-hybridized carbons (Fsp3) is 1.00. The highest BCUT2D eigenvalue weighted by Crippen LogP contribution is 2.02. The van der Waals surface area contributed by atoms with E-state index in [1.807, 2.05) is 13.8 Å². The Balaban J connectivity index is 3.75. The van der Waals surface area contributed by atoms with Gasteiger partial charge in [-0.3, -0.25) is 4.90 Å². The van der Waals surface area contributed by atoms with Gasteiger partial charge in [-0.2, -0.15) is 0 Å². The molecule has 1 atom stereocenters. The van der Waals surface area contributed by atoms with Gasteiger partial charge >= 0.3 is 0 Å². The van der Waals surface area contributed by atoms with Gasteiger partial charge in [-0.15, -0.1) is 11.6 Å². The molecular formula is C12H26ClNO2. The van der Waals surface area contributed by atoms with Crippen LogP contribution in [0, 0.1) is 5.92 Å². The van der Waals surface area contributed by atoms with Crippen LogP contribution in [-0.2, 0) is 9.47 Å². The molecule has 0 heterocycles. The van der Waals surface area contributed by atoms with Gasteiger partial charge in [-0.25, -0.2) is 0 Å². The van der Waals surface area contributed by atoms with Crippen molar-refractivity contribution in [2.75, 3.05) is 51.9 Å². The molecule has 0 aliphatic rings. The van der Waals surface area contributed by atoms with Crippen molar-refractivity contribution in [1.82, 2.24) is 4.90 Å². The van der Waals surface area contributed by atoms with E-state index in [0.29, 0.717) is 11.8 Å². The molecule has 0 aromatic carbocycles. The Hall–Kier alpha value is 0.170. The summed E-state index contributed by atoms with van der Waals surface area (Å²) >= 11 is 5.83. The lowest BCUT2D eigenvalue weighted by molar-refractivity contribution is 0.0781. The molecule has 1 unspecified atom stereocenters. The minimum absolute atomic E-state index is 0.518. The van der Waals surface area contributed by atoms with Crippen LogP contribution in [0.1, 0.15) is 20.8 Å². The van der Waals surface area contributed by atoms with Crippen LogP contribution in [0.15, 0.2) is 0 Å². The molecule has 0 aliphatic carbocycles. The molecule has 0 amide bonds. The van der Waals surface area contributed by atoms with Gasteiger partial charge in [-0.05, 0) is 19.8 Å². The Kier molecular flexibility index (Phi) is 11.8. The molecule has 0 N–H and O–H groups in total. The topological polar surface area (TPSA) is 21.7 Å². The van der Waals surface area contributed by atoms with E-state index in [9.17, 15) is 0 Å². The Bertz CT molecular complexity index is 137. The first-order valence-corrected chi connectivity index (χ1v) is 6.71. The predicted molar refractivity (Wildman–Crippen MR) is 69.3 cm³/mol. The maximum atomic E-state index is 5.83. The normalized spacial score (nSPS) is 13.3. The minimum atomic E-state index is 0.518. The summed E-state index contributed by atoms with van der Waals surface area (Å²) in [5.41, 5.74) is 0. The van der Waals surface area contributed by atoms with Gasteiger partial charge in [-0.1, -0.05) is 6.92 Å². The molecule has 0 rings (SSSR count). The highest BCUT2D eigenvalue weighted by Gasteiger charge is 2.09. The summed E-state index contributed by atoms with van der Waals surface area (Å²) in [4.78, 5) is 2.36. The van der Waals surface area contributed by atoms with Crippen LogP contribution >= 0.6 is 11.6 Å². The molecule has 4 heteroatoms. The Morgan fingerprint density at radius 2 is 1.56 bits per heavy atom. The smallest absolute Gasteiger partial charge is 0.0593 e. The molecule has 0 bridgehead atoms. The summed E-state index contributed by atoms with van der Waals surface area (Å²) in [6.07, 6.45) is 0. The summed E-state index contributed by atoms with van der Waals surface area (Å²) in [6, 6.07) is 0. The van der Waals surface area contributed by atoms with Gasteiger partial charge in [0.2, 0.25) is 0 Å². The van der Waals surface area contributed by atoms with Gasteiger partial charge in [0.1, 0.15) is 0 Å². The summed E-state index contributed by atoms with van der Waals surface area (Å²) < 4.78 is 10.7. The van der Waals surface area contributed by atoms with Crippen molar-refractivity contribution in [3.8, 4) is 0 Å². The van der Waals surface area contributed by atoms with Crippen molar-refractivity contribution < 1.29 is 9.47 Å². The molecule has 0 radical (unpaired) electrons. The third-order valence-corrected chi connectivity index (χ3v) is 2.87. The number of ether oxygens (including phenoxy) is 2. The number of rotatable bonds is 11. The standard InChI is InChI=1S/C12H26ClNO2/c1-4-15-8-6-14(7-9-16-5-2)11-12(3)10-13/h12H,4-11H2,1-3H3. The van der Waals surface area contributed by atoms with Crippen molar-refractivity contribution >= 4 is 11.6 Å². The molecule has 0 aliphatic heterocycles. The highest BCUT2D eigenvalue weighted by atomic mass is 35.5. The lowest BCUT2D eigenvalue weighted by Crippen LogP contribution is -2.35. The summed E-state index contributed by atoms with van der Waals surface area (Å²) in [5.74, 6) is 1.23. The van der Waals surface area contributed by atoms with E-state index in [-0.39, 0.29) is 0 Å². The number of nitrogens with zero attached hydrogens (tertiary/aromatic N) is 1. The first-order valence-electron chi connectivity index (χ1n) is 6.18. The number of alkyl halides is 1. The first kappa shape index (κ1) is 16.2. The maximum Gasteiger partial charge on any atom is 0.0593 e. The van der Waals surface area contributed by atoms with Gasteiger partial charge in [0.25, 0.3) is 0 Å². The molecule has 0 aromatic rings. The third-order valence-electron chi connectivity index (χ3n) is 2.35. The van der Waals surface area contributed by atoms with E-state index < -0.39 is 0 Å². The van der Waals surface area contributed by atoms with Crippen molar-refractivity contribution in [1.29, 1.82) is 0 Å². The van der Waals surface area contributed by atoms with E-state index in [4.69, 9.17) is 21.1 Å². The van der Waals surface area contributed by atoms with E-state index in [2.05, 4.69) is 11.8 Å². The van der Waals surface area contributed by atoms with Crippen molar-refractivity contribution in [2.45, 2.75) is 20.8 Å². The molecule has 98 valence electrons. The molecule has 0 saturated heterocycles. The fourth-order valence-electron chi connectivity index (χ4n) is 1.46. The van der Waals surface area contributed by atoms with Crippen LogP contribution in [-0.4, -0.2) is 56.8 Å². The average Bonchev–Trinajstić information content (AvgIpc) is 2.29. The van der Waals surface area contributed by atoms with Gasteiger partial charge in [0.15, 0.2) is 0 Å². The quantitative estimate of drug-likeness (QED) is 0.415. The van der Waals surface area contributed by atoms with Crippen LogP contribution < -0.4 is 0 Å². The highest BCUT2D eigenvalue weighted by molar-refractivity contribution is 6.18. The SMILES string of the molecule is CCOCCN(CCOCC)CC(C)CCl. The van der Waals surface area contributed by atoms with Crippen LogP contribution in [0.25, 0.3) is 0 Å². The fourth-order valence-corrected chi connectivity index (χ4v) is 1.56. The number of hydrogen-bond acceptors (Lipinski definition) is 3. The maximum absolute atomic E-state index is 5.83. The zero-order valence-electron chi connectivity index (χ0n) is 10.9. The zero-order valence-corrected chi connectivity index (χ0v) is 11.6. The second kappa shape index (κ2) is 11.6. The van der Waals surface area contributed by atoms with E-state index >= 15 is 0 Å². The molecular weight excluding hydrogens is 226 g/mol. The molecule has 0 fully saturated rings. The van der Waals surface area contributed by atoms with Crippen LogP contribution in [0.2, 0.25) is 0 Å². The lowest BCUT2D eigenvalue weighted by atomic mass is 10.2. The second-order valence-electron chi connectivity index (χ2n) is 3.95. The molecule has 0 saturated carbocycles. The van der Waals surface area contributed by atoms with E-state index in [0.717, 1.165) is 46.1 Å². The van der Waals surface area contributed by atoms with Gasteiger partial charge < -0.3 is 9.47 Å². The molecule has 16 heavy (non-hydrogen) atoms. The zero-order chi connectivity index (χ0) is 12.2. The Morgan fingerprint density at radius 1 is 1.06 bits per heavy atom. The monoisotopic (exact) mass is 251 g/mol. The summed E-state index contributed by atoms with van der Waals surface area (Å²) in [5, 5.41) is 0. The molecule has 0 aromatic heterocycles. The van der Waals surface area contributed by atoms with Crippen molar-refractivity contribution in [2.24, 2.45) is 5.92 Å². The van der Waals surface area contributed by atoms with Gasteiger partial charge in [0.05, 0.1) is 13.2 Å². The Morgan fingerprint density at radius 3 is 1.94 bits per heavy atom. The van der Waals surface area contributed by atoms with Crippen molar-refractivity contribution in [3.63, 3.8) is 0 Å². The predicted octanol–water partition coefficient (Wildman–Crippen LogP) is 2.24. The third kappa shape index (κ3) is 9.40. The van der Waals surface area contributed by atoms with Crippen LogP contribution in [0.3, 0.4) is 0 Å². The van der Waals surface area contributed by atoms with Crippen LogP contribution in [0.4, 0.5) is 0 Å². The second-order valence-corrected chi connectivity index (χ2v) is 4.26. The van der Waals surface area contributed by atoms with E-state index in [1.165, 1.54) is 0 Å². The summed E-state index contributed by atoms with van der Waals surface area (Å²) in [6.45, 7) is 12.3. The summed E-state index contributed by atoms with van der Waals surface area (Å²) in [7, 11) is 0. The van der Waals surface area contributed by atoms with Crippen LogP contribution in [0.5, 0.6) is 0 Å².